The zero-order chi connectivity index (χ0) is 14.4. The van der Waals surface area contributed by atoms with Crippen molar-refractivity contribution >= 4 is 11.3 Å². The van der Waals surface area contributed by atoms with Gasteiger partial charge in [0.25, 0.3) is 0 Å². The number of nitrogens with two attached hydrogens (primary N) is 1. The normalized spacial score (nSPS) is 11.3. The van der Waals surface area contributed by atoms with Crippen LogP contribution >= 0.6 is 0 Å². The van der Waals surface area contributed by atoms with Gasteiger partial charge in [-0.2, -0.15) is 15.3 Å². The van der Waals surface area contributed by atoms with Crippen molar-refractivity contribution in [3.63, 3.8) is 0 Å². The Balaban J connectivity index is 2.01. The van der Waals surface area contributed by atoms with Crippen LogP contribution in [-0.2, 0) is 7.05 Å². The second-order valence-corrected chi connectivity index (χ2v) is 4.72. The summed E-state index contributed by atoms with van der Waals surface area (Å²) in [5.41, 5.74) is 9.95. The summed E-state index contributed by atoms with van der Waals surface area (Å²) in [6, 6.07) is 1.89. The van der Waals surface area contributed by atoms with Crippen molar-refractivity contribution in [3.8, 4) is 22.5 Å². The third-order valence-corrected chi connectivity index (χ3v) is 3.32. The molecule has 4 rings (SSSR count). The molecule has 0 fully saturated rings. The first-order valence-electron chi connectivity index (χ1n) is 6.35. The van der Waals surface area contributed by atoms with Gasteiger partial charge in [0.05, 0.1) is 35.4 Å². The van der Waals surface area contributed by atoms with E-state index in [9.17, 15) is 0 Å². The van der Waals surface area contributed by atoms with Crippen LogP contribution in [0, 0.1) is 0 Å². The maximum atomic E-state index is 5.90. The second-order valence-electron chi connectivity index (χ2n) is 4.72. The number of aromatic nitrogens is 7. The highest BCUT2D eigenvalue weighted by Gasteiger charge is 2.14. The number of hydrogen-bond donors (Lipinski definition) is 2. The molecule has 8 heteroatoms. The predicted octanol–water partition coefficient (Wildman–Crippen LogP) is 1.10. The summed E-state index contributed by atoms with van der Waals surface area (Å²) in [5.74, 6) is 0.411. The van der Waals surface area contributed by atoms with Gasteiger partial charge in [0, 0.05) is 25.0 Å². The number of anilines is 1. The standard InChI is InChI=1S/C13H12N8/c1-20-6-8(4-17-20)10-7-21-11(2-3-16-21)12(18-10)9-5-15-19-13(9)14/h2-7H,1H3,(H3,14,15,19). The van der Waals surface area contributed by atoms with Crippen LogP contribution in [0.15, 0.2) is 37.1 Å². The number of fused-ring (bicyclic) bond motifs is 1. The average Bonchev–Trinajstić information content (AvgIpc) is 3.17. The highest BCUT2D eigenvalue weighted by molar-refractivity contribution is 5.83. The number of H-pyrrole nitrogens is 1. The first-order valence-corrected chi connectivity index (χ1v) is 6.35. The van der Waals surface area contributed by atoms with Crippen molar-refractivity contribution in [2.75, 3.05) is 5.73 Å². The van der Waals surface area contributed by atoms with Crippen molar-refractivity contribution in [1.29, 1.82) is 0 Å². The number of aryl methyl sites for hydroxylation is 1. The monoisotopic (exact) mass is 280 g/mol. The van der Waals surface area contributed by atoms with Crippen LogP contribution in [-0.4, -0.2) is 34.6 Å². The van der Waals surface area contributed by atoms with Gasteiger partial charge in [-0.1, -0.05) is 0 Å². The van der Waals surface area contributed by atoms with Gasteiger partial charge in [-0.3, -0.25) is 9.78 Å². The van der Waals surface area contributed by atoms with Crippen LogP contribution in [0.5, 0.6) is 0 Å². The van der Waals surface area contributed by atoms with E-state index in [1.54, 1.807) is 27.8 Å². The largest absolute Gasteiger partial charge is 0.382 e. The Labute approximate surface area is 119 Å². The van der Waals surface area contributed by atoms with E-state index >= 15 is 0 Å². The lowest BCUT2D eigenvalue weighted by Crippen LogP contribution is -1.97. The van der Waals surface area contributed by atoms with Gasteiger partial charge in [-0.25, -0.2) is 9.50 Å². The van der Waals surface area contributed by atoms with Crippen molar-refractivity contribution in [2.24, 2.45) is 7.05 Å². The molecule has 3 N–H and O–H groups in total. The van der Waals surface area contributed by atoms with Crippen molar-refractivity contribution in [2.45, 2.75) is 0 Å². The van der Waals surface area contributed by atoms with Crippen molar-refractivity contribution in [3.05, 3.63) is 37.1 Å². The summed E-state index contributed by atoms with van der Waals surface area (Å²) in [6.45, 7) is 0. The molecule has 0 bridgehead atoms. The fraction of sp³-hybridized carbons (Fsp3) is 0.0769. The summed E-state index contributed by atoms with van der Waals surface area (Å²) in [5, 5.41) is 15.2. The average molecular weight is 280 g/mol. The molecule has 0 unspecified atom stereocenters. The Morgan fingerprint density at radius 2 is 2.14 bits per heavy atom. The van der Waals surface area contributed by atoms with Gasteiger partial charge < -0.3 is 5.73 Å². The molecule has 0 aliphatic rings. The Hall–Kier alpha value is -3.16. The molecule has 0 amide bonds. The fourth-order valence-corrected chi connectivity index (χ4v) is 2.31. The van der Waals surface area contributed by atoms with Crippen molar-refractivity contribution < 1.29 is 0 Å². The highest BCUT2D eigenvalue weighted by Crippen LogP contribution is 2.28. The minimum atomic E-state index is 0.411. The van der Waals surface area contributed by atoms with E-state index in [2.05, 4.69) is 20.4 Å². The molecule has 0 aliphatic carbocycles. The minimum Gasteiger partial charge on any atom is -0.382 e. The number of hydrogen-bond acceptors (Lipinski definition) is 5. The Morgan fingerprint density at radius 3 is 2.86 bits per heavy atom. The SMILES string of the molecule is Cn1cc(-c2cn3nccc3c(-c3c[nH]nc3N)n2)cn1. The number of nitrogen functional groups attached to an aromatic ring is 1. The molecule has 8 nitrogen and oxygen atoms in total. The van der Waals surface area contributed by atoms with E-state index in [4.69, 9.17) is 10.7 Å². The molecule has 0 spiro atoms. The third kappa shape index (κ3) is 1.76. The highest BCUT2D eigenvalue weighted by atomic mass is 15.2. The summed E-state index contributed by atoms with van der Waals surface area (Å²) in [4.78, 5) is 4.71. The zero-order valence-corrected chi connectivity index (χ0v) is 11.2. The Morgan fingerprint density at radius 1 is 1.24 bits per heavy atom. The topological polar surface area (TPSA) is 103 Å². The molecule has 0 radical (unpaired) electrons. The molecule has 21 heavy (non-hydrogen) atoms. The summed E-state index contributed by atoms with van der Waals surface area (Å²) >= 11 is 0. The predicted molar refractivity (Wildman–Crippen MR) is 77.2 cm³/mol. The van der Waals surface area contributed by atoms with Crippen molar-refractivity contribution in [1.82, 2.24) is 34.6 Å². The molecule has 0 aromatic carbocycles. The lowest BCUT2D eigenvalue weighted by molar-refractivity contribution is 0.768. The smallest absolute Gasteiger partial charge is 0.154 e. The fourth-order valence-electron chi connectivity index (χ4n) is 2.31. The minimum absolute atomic E-state index is 0.411. The van der Waals surface area contributed by atoms with E-state index < -0.39 is 0 Å². The molecule has 0 saturated heterocycles. The first kappa shape index (κ1) is 11.6. The summed E-state index contributed by atoms with van der Waals surface area (Å²) in [6.07, 6.45) is 8.99. The third-order valence-electron chi connectivity index (χ3n) is 3.32. The lowest BCUT2D eigenvalue weighted by atomic mass is 10.2. The van der Waals surface area contributed by atoms with E-state index in [-0.39, 0.29) is 0 Å². The molecule has 0 aliphatic heterocycles. The molecule has 104 valence electrons. The van der Waals surface area contributed by atoms with E-state index in [1.165, 1.54) is 0 Å². The molecule has 4 aromatic heterocycles. The molecule has 0 atom stereocenters. The van der Waals surface area contributed by atoms with E-state index in [1.807, 2.05) is 25.5 Å². The van der Waals surface area contributed by atoms with Gasteiger partial charge in [0.2, 0.25) is 0 Å². The van der Waals surface area contributed by atoms with Gasteiger partial charge >= 0.3 is 0 Å². The molecule has 4 aromatic rings. The number of nitrogens with zero attached hydrogens (tertiary/aromatic N) is 6. The lowest BCUT2D eigenvalue weighted by Gasteiger charge is -2.05. The van der Waals surface area contributed by atoms with Crippen LogP contribution in [0.25, 0.3) is 28.0 Å². The quantitative estimate of drug-likeness (QED) is 0.572. The summed E-state index contributed by atoms with van der Waals surface area (Å²) < 4.78 is 3.51. The van der Waals surface area contributed by atoms with E-state index in [0.29, 0.717) is 5.82 Å². The zero-order valence-electron chi connectivity index (χ0n) is 11.2. The van der Waals surface area contributed by atoms with Gasteiger partial charge in [-0.05, 0) is 6.07 Å². The summed E-state index contributed by atoms with van der Waals surface area (Å²) in [7, 11) is 1.87. The first-order chi connectivity index (χ1) is 10.2. The van der Waals surface area contributed by atoms with Gasteiger partial charge in [0.15, 0.2) is 5.82 Å². The number of rotatable bonds is 2. The van der Waals surface area contributed by atoms with Crippen LogP contribution < -0.4 is 5.73 Å². The Bertz CT molecular complexity index is 929. The second kappa shape index (κ2) is 4.17. The van der Waals surface area contributed by atoms with Crippen LogP contribution in [0.1, 0.15) is 0 Å². The molecular formula is C13H12N8. The van der Waals surface area contributed by atoms with Crippen LogP contribution in [0.4, 0.5) is 5.82 Å². The van der Waals surface area contributed by atoms with Gasteiger partial charge in [0.1, 0.15) is 5.69 Å². The van der Waals surface area contributed by atoms with Crippen LogP contribution in [0.2, 0.25) is 0 Å². The molecule has 0 saturated carbocycles. The Kier molecular flexibility index (Phi) is 2.31. The maximum Gasteiger partial charge on any atom is 0.154 e. The maximum absolute atomic E-state index is 5.90. The molecule has 4 heterocycles. The van der Waals surface area contributed by atoms with E-state index in [0.717, 1.165) is 28.0 Å². The van der Waals surface area contributed by atoms with Crippen LogP contribution in [0.3, 0.4) is 0 Å². The number of aromatic amines is 1. The number of nitrogens with one attached hydrogen (secondary N) is 1. The van der Waals surface area contributed by atoms with Gasteiger partial charge in [-0.15, -0.1) is 0 Å². The molecular weight excluding hydrogens is 268 g/mol.